The van der Waals surface area contributed by atoms with Crippen LogP contribution in [0, 0.1) is 11.7 Å². The van der Waals surface area contributed by atoms with Gasteiger partial charge in [-0.25, -0.2) is 9.49 Å². The fraction of sp³-hybridized carbons (Fsp3) is 0.421. The molecule has 1 unspecified atom stereocenters. The highest BCUT2D eigenvalue weighted by molar-refractivity contribution is 5.76. The first-order chi connectivity index (χ1) is 12.6. The van der Waals surface area contributed by atoms with Gasteiger partial charge in [0.1, 0.15) is 11.6 Å². The quantitative estimate of drug-likeness (QED) is 0.858. The monoisotopic (exact) mass is 359 g/mol. The van der Waals surface area contributed by atoms with Crippen molar-refractivity contribution in [2.24, 2.45) is 5.92 Å². The number of H-pyrrole nitrogens is 1. The smallest absolute Gasteiger partial charge is 0.264 e. The second-order valence-corrected chi connectivity index (χ2v) is 6.53. The summed E-state index contributed by atoms with van der Waals surface area (Å²) >= 11 is 0. The van der Waals surface area contributed by atoms with Gasteiger partial charge in [0.2, 0.25) is 5.91 Å². The number of likely N-dealkylation sites (tertiary alicyclic amines) is 1. The SMILES string of the molecule is O=C(CCc1ccc(=O)[nH]n1)N1CCCC(COc2ccc(F)cc2)C1. The third kappa shape index (κ3) is 5.15. The van der Waals surface area contributed by atoms with E-state index in [1.54, 1.807) is 18.2 Å². The van der Waals surface area contributed by atoms with Crippen LogP contribution in [0.5, 0.6) is 5.75 Å². The molecule has 1 saturated heterocycles. The van der Waals surface area contributed by atoms with Gasteiger partial charge in [-0.05, 0) is 43.2 Å². The van der Waals surface area contributed by atoms with Crippen LogP contribution in [-0.2, 0) is 11.2 Å². The average molecular weight is 359 g/mol. The predicted octanol–water partition coefficient (Wildman–Crippen LogP) is 2.16. The zero-order chi connectivity index (χ0) is 18.4. The number of rotatable bonds is 6. The summed E-state index contributed by atoms with van der Waals surface area (Å²) in [5, 5.41) is 6.30. The molecule has 138 valence electrons. The molecule has 7 heteroatoms. The minimum absolute atomic E-state index is 0.0875. The summed E-state index contributed by atoms with van der Waals surface area (Å²) in [6.45, 7) is 1.93. The second kappa shape index (κ2) is 8.60. The van der Waals surface area contributed by atoms with Crippen LogP contribution < -0.4 is 10.3 Å². The van der Waals surface area contributed by atoms with Crippen molar-refractivity contribution in [1.82, 2.24) is 15.1 Å². The lowest BCUT2D eigenvalue weighted by Gasteiger charge is -2.32. The summed E-state index contributed by atoms with van der Waals surface area (Å²) in [7, 11) is 0. The van der Waals surface area contributed by atoms with Gasteiger partial charge in [0.05, 0.1) is 12.3 Å². The average Bonchev–Trinajstić information content (AvgIpc) is 2.67. The molecule has 1 atom stereocenters. The van der Waals surface area contributed by atoms with Crippen molar-refractivity contribution in [3.8, 4) is 5.75 Å². The summed E-state index contributed by atoms with van der Waals surface area (Å²) in [4.78, 5) is 25.3. The zero-order valence-corrected chi connectivity index (χ0v) is 14.5. The molecule has 1 aliphatic rings. The Bertz CT molecular complexity index is 771. The van der Waals surface area contributed by atoms with Crippen molar-refractivity contribution in [1.29, 1.82) is 0 Å². The molecule has 1 fully saturated rings. The molecule has 0 bridgehead atoms. The van der Waals surface area contributed by atoms with Gasteiger partial charge in [-0.3, -0.25) is 9.59 Å². The number of aromatic amines is 1. The number of aryl methyl sites for hydroxylation is 1. The summed E-state index contributed by atoms with van der Waals surface area (Å²) in [6, 6.07) is 9.02. The van der Waals surface area contributed by atoms with Gasteiger partial charge in [0.15, 0.2) is 0 Å². The normalized spacial score (nSPS) is 17.1. The maximum Gasteiger partial charge on any atom is 0.264 e. The van der Waals surface area contributed by atoms with Crippen LogP contribution >= 0.6 is 0 Å². The fourth-order valence-electron chi connectivity index (χ4n) is 3.08. The number of carbonyl (C=O) groups excluding carboxylic acids is 1. The van der Waals surface area contributed by atoms with Crippen molar-refractivity contribution in [2.45, 2.75) is 25.7 Å². The molecular weight excluding hydrogens is 337 g/mol. The number of hydrogen-bond donors (Lipinski definition) is 1. The molecule has 26 heavy (non-hydrogen) atoms. The number of halogens is 1. The Hall–Kier alpha value is -2.70. The highest BCUT2D eigenvalue weighted by Crippen LogP contribution is 2.20. The maximum atomic E-state index is 12.9. The van der Waals surface area contributed by atoms with E-state index in [0.29, 0.717) is 37.4 Å². The Morgan fingerprint density at radius 2 is 2.08 bits per heavy atom. The van der Waals surface area contributed by atoms with Crippen LogP contribution in [0.1, 0.15) is 25.0 Å². The number of piperidine rings is 1. The largest absolute Gasteiger partial charge is 0.493 e. The summed E-state index contributed by atoms with van der Waals surface area (Å²) in [5.41, 5.74) is 0.450. The van der Waals surface area contributed by atoms with Gasteiger partial charge in [-0.2, -0.15) is 5.10 Å². The van der Waals surface area contributed by atoms with E-state index in [4.69, 9.17) is 4.74 Å². The molecule has 1 aromatic heterocycles. The number of ether oxygens (including phenoxy) is 1. The van der Waals surface area contributed by atoms with Gasteiger partial charge < -0.3 is 9.64 Å². The number of benzene rings is 1. The number of nitrogens with one attached hydrogen (secondary N) is 1. The van der Waals surface area contributed by atoms with E-state index in [1.807, 2.05) is 4.90 Å². The molecule has 2 heterocycles. The highest BCUT2D eigenvalue weighted by atomic mass is 19.1. The van der Waals surface area contributed by atoms with Crippen LogP contribution in [0.4, 0.5) is 4.39 Å². The Labute approximate surface area is 151 Å². The second-order valence-electron chi connectivity index (χ2n) is 6.53. The lowest BCUT2D eigenvalue weighted by atomic mass is 9.98. The molecule has 6 nitrogen and oxygen atoms in total. The minimum Gasteiger partial charge on any atom is -0.493 e. The van der Waals surface area contributed by atoms with Crippen molar-refractivity contribution in [3.63, 3.8) is 0 Å². The van der Waals surface area contributed by atoms with Crippen LogP contribution in [0.25, 0.3) is 0 Å². The van der Waals surface area contributed by atoms with Crippen LogP contribution in [-0.4, -0.2) is 40.7 Å². The summed E-state index contributed by atoms with van der Waals surface area (Å²) < 4.78 is 18.6. The third-order valence-corrected chi connectivity index (χ3v) is 4.50. The number of hydrogen-bond acceptors (Lipinski definition) is 4. The van der Waals surface area contributed by atoms with Gasteiger partial charge in [-0.15, -0.1) is 0 Å². The Kier molecular flexibility index (Phi) is 5.99. The molecule has 1 aromatic carbocycles. The van der Waals surface area contributed by atoms with Gasteiger partial charge in [-0.1, -0.05) is 0 Å². The van der Waals surface area contributed by atoms with Crippen LogP contribution in [0.2, 0.25) is 0 Å². The first-order valence-corrected chi connectivity index (χ1v) is 8.81. The molecule has 0 saturated carbocycles. The van der Waals surface area contributed by atoms with E-state index in [0.717, 1.165) is 19.4 Å². The molecule has 0 radical (unpaired) electrons. The molecule has 2 aromatic rings. The highest BCUT2D eigenvalue weighted by Gasteiger charge is 2.24. The topological polar surface area (TPSA) is 75.3 Å². The van der Waals surface area contributed by atoms with Crippen molar-refractivity contribution in [3.05, 3.63) is 58.3 Å². The molecular formula is C19H22FN3O3. The van der Waals surface area contributed by atoms with Crippen molar-refractivity contribution < 1.29 is 13.9 Å². The molecule has 1 N–H and O–H groups in total. The van der Waals surface area contributed by atoms with Crippen LogP contribution in [0.3, 0.4) is 0 Å². The number of amides is 1. The molecule has 3 rings (SSSR count). The Morgan fingerprint density at radius 1 is 1.27 bits per heavy atom. The van der Waals surface area contributed by atoms with E-state index in [9.17, 15) is 14.0 Å². The molecule has 1 amide bonds. The molecule has 0 spiro atoms. The molecule has 1 aliphatic heterocycles. The Morgan fingerprint density at radius 3 is 2.81 bits per heavy atom. The fourth-order valence-corrected chi connectivity index (χ4v) is 3.08. The van der Waals surface area contributed by atoms with E-state index >= 15 is 0 Å². The number of carbonyl (C=O) groups is 1. The maximum absolute atomic E-state index is 12.9. The number of aromatic nitrogens is 2. The third-order valence-electron chi connectivity index (χ3n) is 4.50. The number of nitrogens with zero attached hydrogens (tertiary/aromatic N) is 2. The van der Waals surface area contributed by atoms with E-state index in [2.05, 4.69) is 10.2 Å². The van der Waals surface area contributed by atoms with Crippen molar-refractivity contribution >= 4 is 5.91 Å². The van der Waals surface area contributed by atoms with Gasteiger partial charge in [0.25, 0.3) is 5.56 Å². The summed E-state index contributed by atoms with van der Waals surface area (Å²) in [6.07, 6.45) is 2.82. The summed E-state index contributed by atoms with van der Waals surface area (Å²) in [5.74, 6) is 0.705. The standard InChI is InChI=1S/C19H22FN3O3/c20-15-3-7-17(8-4-15)26-13-14-2-1-11-23(12-14)19(25)10-6-16-5-9-18(24)22-21-16/h3-5,7-9,14H,1-2,6,10-13H2,(H,22,24). The van der Waals surface area contributed by atoms with E-state index < -0.39 is 0 Å². The lowest BCUT2D eigenvalue weighted by Crippen LogP contribution is -2.41. The van der Waals surface area contributed by atoms with Gasteiger partial charge >= 0.3 is 0 Å². The Balaban J connectivity index is 1.46. The predicted molar refractivity (Wildman–Crippen MR) is 94.4 cm³/mol. The lowest BCUT2D eigenvalue weighted by molar-refractivity contribution is -0.133. The van der Waals surface area contributed by atoms with Crippen LogP contribution in [0.15, 0.2) is 41.2 Å². The first kappa shape index (κ1) is 18.1. The van der Waals surface area contributed by atoms with Gasteiger partial charge in [0, 0.05) is 37.9 Å². The van der Waals surface area contributed by atoms with E-state index in [-0.39, 0.29) is 23.2 Å². The zero-order valence-electron chi connectivity index (χ0n) is 14.5. The van der Waals surface area contributed by atoms with E-state index in [1.165, 1.54) is 18.2 Å². The molecule has 0 aliphatic carbocycles. The van der Waals surface area contributed by atoms with Crippen molar-refractivity contribution in [2.75, 3.05) is 19.7 Å². The first-order valence-electron chi connectivity index (χ1n) is 8.81. The minimum atomic E-state index is -0.288.